The first-order valence-electron chi connectivity index (χ1n) is 7.35. The number of hydrazone groups is 1. The van der Waals surface area contributed by atoms with E-state index in [1.807, 2.05) is 0 Å². The maximum Gasteiger partial charge on any atom is 0.471 e. The van der Waals surface area contributed by atoms with E-state index in [2.05, 4.69) is 10.5 Å². The molecule has 27 heavy (non-hydrogen) atoms. The number of amides is 2. The molecule has 0 heterocycles. The molecular formula is C17H12Cl2F3N3O2. The first-order valence-corrected chi connectivity index (χ1v) is 8.11. The van der Waals surface area contributed by atoms with E-state index >= 15 is 0 Å². The summed E-state index contributed by atoms with van der Waals surface area (Å²) in [5.74, 6) is -2.60. The molecule has 0 aliphatic heterocycles. The second-order valence-corrected chi connectivity index (χ2v) is 6.20. The lowest BCUT2D eigenvalue weighted by Crippen LogP contribution is -2.29. The van der Waals surface area contributed by atoms with Gasteiger partial charge in [0, 0.05) is 21.3 Å². The van der Waals surface area contributed by atoms with Crippen LogP contribution in [0.5, 0.6) is 0 Å². The lowest BCUT2D eigenvalue weighted by atomic mass is 10.1. The van der Waals surface area contributed by atoms with Crippen LogP contribution in [-0.2, 0) is 4.79 Å². The van der Waals surface area contributed by atoms with Gasteiger partial charge >= 0.3 is 12.1 Å². The SMILES string of the molecule is C/C(=N/NC(=O)c1cc(Cl)cc(Cl)c1)c1ccc(NC(=O)C(F)(F)F)cc1. The number of hydrogen-bond acceptors (Lipinski definition) is 3. The summed E-state index contributed by atoms with van der Waals surface area (Å²) in [7, 11) is 0. The number of nitrogens with one attached hydrogen (secondary N) is 2. The predicted octanol–water partition coefficient (Wildman–Crippen LogP) is 4.65. The molecule has 142 valence electrons. The van der Waals surface area contributed by atoms with Crippen LogP contribution in [0.4, 0.5) is 18.9 Å². The molecule has 5 nitrogen and oxygen atoms in total. The monoisotopic (exact) mass is 417 g/mol. The number of carbonyl (C=O) groups is 2. The van der Waals surface area contributed by atoms with E-state index in [1.165, 1.54) is 42.5 Å². The van der Waals surface area contributed by atoms with Gasteiger partial charge in [0.25, 0.3) is 5.91 Å². The van der Waals surface area contributed by atoms with Crippen LogP contribution >= 0.6 is 23.2 Å². The fourth-order valence-corrected chi connectivity index (χ4v) is 2.47. The Hall–Kier alpha value is -2.58. The summed E-state index contributed by atoms with van der Waals surface area (Å²) >= 11 is 11.7. The molecule has 2 aromatic rings. The Morgan fingerprint density at radius 1 is 0.963 bits per heavy atom. The van der Waals surface area contributed by atoms with Crippen molar-refractivity contribution in [3.63, 3.8) is 0 Å². The molecule has 10 heteroatoms. The van der Waals surface area contributed by atoms with E-state index in [9.17, 15) is 22.8 Å². The average Bonchev–Trinajstić information content (AvgIpc) is 2.58. The largest absolute Gasteiger partial charge is 0.471 e. The normalized spacial score (nSPS) is 11.9. The predicted molar refractivity (Wildman–Crippen MR) is 97.3 cm³/mol. The van der Waals surface area contributed by atoms with Crippen LogP contribution in [-0.4, -0.2) is 23.7 Å². The Balaban J connectivity index is 2.05. The maximum atomic E-state index is 12.2. The Bertz CT molecular complexity index is 877. The lowest BCUT2D eigenvalue weighted by molar-refractivity contribution is -0.167. The quantitative estimate of drug-likeness (QED) is 0.561. The van der Waals surface area contributed by atoms with E-state index in [0.717, 1.165) is 0 Å². The Morgan fingerprint density at radius 2 is 1.52 bits per heavy atom. The van der Waals surface area contributed by atoms with Crippen LogP contribution in [0.2, 0.25) is 10.0 Å². The summed E-state index contributed by atoms with van der Waals surface area (Å²) in [6, 6.07) is 9.80. The molecule has 0 spiro atoms. The molecule has 0 unspecified atom stereocenters. The van der Waals surface area contributed by atoms with Gasteiger partial charge in [0.15, 0.2) is 0 Å². The standard InChI is InChI=1S/C17H12Cl2F3N3O2/c1-9(24-25-15(26)11-6-12(18)8-13(19)7-11)10-2-4-14(5-3-10)23-16(27)17(20,21)22/h2-8H,1H3,(H,23,27)(H,25,26)/b24-9-. The summed E-state index contributed by atoms with van der Waals surface area (Å²) in [5, 5.41) is 6.25. The van der Waals surface area contributed by atoms with Crippen LogP contribution in [0.3, 0.4) is 0 Å². The van der Waals surface area contributed by atoms with Crippen molar-refractivity contribution in [2.75, 3.05) is 5.32 Å². The van der Waals surface area contributed by atoms with E-state index in [1.54, 1.807) is 12.2 Å². The van der Waals surface area contributed by atoms with E-state index < -0.39 is 18.0 Å². The van der Waals surface area contributed by atoms with Crippen molar-refractivity contribution in [2.45, 2.75) is 13.1 Å². The highest BCUT2D eigenvalue weighted by atomic mass is 35.5. The molecule has 0 bridgehead atoms. The van der Waals surface area contributed by atoms with Crippen LogP contribution in [0, 0.1) is 0 Å². The third-order valence-corrected chi connectivity index (χ3v) is 3.70. The Morgan fingerprint density at radius 3 is 2.04 bits per heavy atom. The molecule has 0 radical (unpaired) electrons. The second-order valence-electron chi connectivity index (χ2n) is 5.33. The molecule has 2 N–H and O–H groups in total. The average molecular weight is 418 g/mol. The number of alkyl halides is 3. The molecule has 0 aliphatic carbocycles. The highest BCUT2D eigenvalue weighted by molar-refractivity contribution is 6.35. The highest BCUT2D eigenvalue weighted by Crippen LogP contribution is 2.20. The molecule has 2 rings (SSSR count). The van der Waals surface area contributed by atoms with Crippen molar-refractivity contribution in [3.8, 4) is 0 Å². The number of nitrogens with zero attached hydrogens (tertiary/aromatic N) is 1. The fourth-order valence-electron chi connectivity index (χ4n) is 1.95. The topological polar surface area (TPSA) is 70.6 Å². The van der Waals surface area contributed by atoms with Crippen LogP contribution in [0.25, 0.3) is 0 Å². The van der Waals surface area contributed by atoms with Gasteiger partial charge in [-0.1, -0.05) is 35.3 Å². The van der Waals surface area contributed by atoms with Crippen LogP contribution in [0.1, 0.15) is 22.8 Å². The van der Waals surface area contributed by atoms with Crippen molar-refractivity contribution in [1.29, 1.82) is 0 Å². The van der Waals surface area contributed by atoms with Crippen LogP contribution < -0.4 is 10.7 Å². The van der Waals surface area contributed by atoms with Gasteiger partial charge in [-0.15, -0.1) is 0 Å². The summed E-state index contributed by atoms with van der Waals surface area (Å²) in [4.78, 5) is 23.0. The van der Waals surface area contributed by atoms with Crippen molar-refractivity contribution in [2.24, 2.45) is 5.10 Å². The smallest absolute Gasteiger partial charge is 0.318 e. The third kappa shape index (κ3) is 5.97. The van der Waals surface area contributed by atoms with Gasteiger partial charge in [-0.3, -0.25) is 9.59 Å². The van der Waals surface area contributed by atoms with Crippen molar-refractivity contribution >= 4 is 46.4 Å². The fraction of sp³-hybridized carbons (Fsp3) is 0.118. The van der Waals surface area contributed by atoms with Crippen molar-refractivity contribution in [1.82, 2.24) is 5.43 Å². The minimum absolute atomic E-state index is 0.0218. The number of hydrogen-bond donors (Lipinski definition) is 2. The lowest BCUT2D eigenvalue weighted by Gasteiger charge is -2.08. The van der Waals surface area contributed by atoms with Gasteiger partial charge < -0.3 is 5.32 Å². The number of halogens is 5. The van der Waals surface area contributed by atoms with Gasteiger partial charge in [-0.2, -0.15) is 18.3 Å². The number of benzene rings is 2. The van der Waals surface area contributed by atoms with Gasteiger partial charge in [-0.05, 0) is 42.8 Å². The molecular weight excluding hydrogens is 406 g/mol. The van der Waals surface area contributed by atoms with Gasteiger partial charge in [0.1, 0.15) is 0 Å². The molecule has 2 amide bonds. The van der Waals surface area contributed by atoms with Gasteiger partial charge in [-0.25, -0.2) is 5.43 Å². The van der Waals surface area contributed by atoms with Crippen LogP contribution in [0.15, 0.2) is 47.6 Å². The first-order chi connectivity index (χ1) is 12.6. The number of rotatable bonds is 4. The second kappa shape index (κ2) is 8.41. The number of anilines is 1. The zero-order chi connectivity index (χ0) is 20.2. The zero-order valence-electron chi connectivity index (χ0n) is 13.7. The summed E-state index contributed by atoms with van der Waals surface area (Å²) < 4.78 is 36.7. The van der Waals surface area contributed by atoms with Gasteiger partial charge in [0.05, 0.1) is 5.71 Å². The van der Waals surface area contributed by atoms with E-state index in [0.29, 0.717) is 21.3 Å². The molecule has 0 saturated heterocycles. The molecule has 0 aliphatic rings. The minimum Gasteiger partial charge on any atom is -0.318 e. The number of carbonyl (C=O) groups excluding carboxylic acids is 2. The molecule has 0 saturated carbocycles. The first kappa shape index (κ1) is 20.7. The summed E-state index contributed by atoms with van der Waals surface area (Å²) in [6.07, 6.45) is -4.97. The van der Waals surface area contributed by atoms with Gasteiger partial charge in [0.2, 0.25) is 0 Å². The van der Waals surface area contributed by atoms with Crippen molar-refractivity contribution < 1.29 is 22.8 Å². The molecule has 0 aromatic heterocycles. The summed E-state index contributed by atoms with van der Waals surface area (Å²) in [5.41, 5.74) is 3.45. The molecule has 0 fully saturated rings. The Labute approximate surface area is 162 Å². The van der Waals surface area contributed by atoms with Crippen molar-refractivity contribution in [3.05, 3.63) is 63.6 Å². The Kier molecular flexibility index (Phi) is 6.45. The maximum absolute atomic E-state index is 12.2. The van der Waals surface area contributed by atoms with E-state index in [-0.39, 0.29) is 11.3 Å². The van der Waals surface area contributed by atoms with E-state index in [4.69, 9.17) is 23.2 Å². The minimum atomic E-state index is -4.97. The third-order valence-electron chi connectivity index (χ3n) is 3.27. The highest BCUT2D eigenvalue weighted by Gasteiger charge is 2.38. The zero-order valence-corrected chi connectivity index (χ0v) is 15.2. The summed E-state index contributed by atoms with van der Waals surface area (Å²) in [6.45, 7) is 1.59. The molecule has 0 atom stereocenters. The molecule has 2 aromatic carbocycles.